The number of ether oxygens (including phenoxy) is 4. The van der Waals surface area contributed by atoms with Crippen molar-refractivity contribution in [3.8, 4) is 0 Å². The molecule has 238 valence electrons. The first kappa shape index (κ1) is 34.1. The quantitative estimate of drug-likeness (QED) is 0.312. The minimum absolute atomic E-state index is 0.0650. The summed E-state index contributed by atoms with van der Waals surface area (Å²) in [6, 6.07) is 5.06. The summed E-state index contributed by atoms with van der Waals surface area (Å²) in [4.78, 5) is 69.8. The van der Waals surface area contributed by atoms with Gasteiger partial charge in [0.1, 0.15) is 17.1 Å². The van der Waals surface area contributed by atoms with Crippen molar-refractivity contribution in [1.82, 2.24) is 5.32 Å². The lowest BCUT2D eigenvalue weighted by atomic mass is 9.88. The van der Waals surface area contributed by atoms with E-state index in [1.807, 2.05) is 13.8 Å². The van der Waals surface area contributed by atoms with Gasteiger partial charge in [0, 0.05) is 11.2 Å². The van der Waals surface area contributed by atoms with Crippen LogP contribution in [0.1, 0.15) is 73.8 Å². The van der Waals surface area contributed by atoms with Crippen molar-refractivity contribution in [2.24, 2.45) is 5.92 Å². The van der Waals surface area contributed by atoms with Crippen molar-refractivity contribution in [3.05, 3.63) is 55.8 Å². The fourth-order valence-corrected chi connectivity index (χ4v) is 4.92. The summed E-state index contributed by atoms with van der Waals surface area (Å²) >= 11 is 0. The predicted octanol–water partition coefficient (Wildman–Crippen LogP) is 2.74. The summed E-state index contributed by atoms with van der Waals surface area (Å²) in [5.41, 5.74) is -2.61. The molecule has 0 fully saturated rings. The second-order valence-electron chi connectivity index (χ2n) is 11.3. The van der Waals surface area contributed by atoms with E-state index in [1.54, 1.807) is 66.7 Å². The van der Waals surface area contributed by atoms with Crippen LogP contribution < -0.4 is 21.4 Å². The Bertz CT molecular complexity index is 1690. The van der Waals surface area contributed by atoms with Gasteiger partial charge in [-0.2, -0.15) is 0 Å². The standard InChI is InChI=1S/C33H41NO10/c1-10-40-29(36)21-22(30(37)41-11-2)24(32(39)43-13-4)28-25(26(34-33(7,8)9)23(21)31(38)42-12-3)27(35)19-16-18(17(5)6)14-15-20(19)44-28/h14-17,23,34H,10-13H2,1-9H3. The fraction of sp³-hybridized carbons (Fsp3) is 0.485. The van der Waals surface area contributed by atoms with E-state index in [1.165, 1.54) is 0 Å². The van der Waals surface area contributed by atoms with E-state index < -0.39 is 57.5 Å². The molecule has 0 bridgehead atoms. The molecule has 1 aliphatic rings. The van der Waals surface area contributed by atoms with E-state index in [0.29, 0.717) is 0 Å². The van der Waals surface area contributed by atoms with Gasteiger partial charge >= 0.3 is 23.9 Å². The van der Waals surface area contributed by atoms with Gasteiger partial charge in [-0.15, -0.1) is 0 Å². The Balaban J connectivity index is 2.87. The lowest BCUT2D eigenvalue weighted by Gasteiger charge is -2.29. The van der Waals surface area contributed by atoms with E-state index in [9.17, 15) is 24.0 Å². The molecule has 1 N–H and O–H groups in total. The molecule has 0 radical (unpaired) electrons. The SMILES string of the molecule is CCOC(=O)C1=C(C(=O)OCC)C(C(=O)OCC)C(NC(C)(C)C)=c2c(oc3ccc(C(C)C)cc3c2=O)=C1C(=O)OCC. The van der Waals surface area contributed by atoms with Crippen LogP contribution in [0.3, 0.4) is 0 Å². The van der Waals surface area contributed by atoms with Crippen molar-refractivity contribution in [2.75, 3.05) is 26.4 Å². The molecule has 1 heterocycles. The maximum Gasteiger partial charge on any atom is 0.342 e. The third-order valence-electron chi connectivity index (χ3n) is 6.66. The molecule has 11 heteroatoms. The zero-order valence-electron chi connectivity index (χ0n) is 26.8. The van der Waals surface area contributed by atoms with E-state index in [2.05, 4.69) is 5.32 Å². The normalized spacial score (nSPS) is 15.1. The van der Waals surface area contributed by atoms with Crippen LogP contribution in [0.5, 0.6) is 0 Å². The molecule has 0 saturated heterocycles. The monoisotopic (exact) mass is 611 g/mol. The highest BCUT2D eigenvalue weighted by atomic mass is 16.5. The summed E-state index contributed by atoms with van der Waals surface area (Å²) in [6.07, 6.45) is 0. The molecule has 1 aromatic heterocycles. The largest absolute Gasteiger partial charge is 0.465 e. The van der Waals surface area contributed by atoms with Crippen molar-refractivity contribution in [1.29, 1.82) is 0 Å². The lowest BCUT2D eigenvalue weighted by Crippen LogP contribution is -2.50. The molecule has 0 aliphatic heterocycles. The summed E-state index contributed by atoms with van der Waals surface area (Å²) in [7, 11) is 0. The second kappa shape index (κ2) is 13.9. The number of nitrogens with one attached hydrogen (secondary N) is 1. The number of fused-ring (bicyclic) bond motifs is 2. The Morgan fingerprint density at radius 2 is 1.39 bits per heavy atom. The Hall–Kier alpha value is -4.41. The summed E-state index contributed by atoms with van der Waals surface area (Å²) in [5.74, 6) is -5.89. The van der Waals surface area contributed by atoms with Crippen LogP contribution in [0.15, 0.2) is 38.6 Å². The Kier molecular flexibility index (Phi) is 10.8. The molecule has 0 spiro atoms. The third kappa shape index (κ3) is 6.87. The van der Waals surface area contributed by atoms with Crippen LogP contribution in [0.2, 0.25) is 0 Å². The maximum absolute atomic E-state index is 14.6. The van der Waals surface area contributed by atoms with Crippen molar-refractivity contribution in [3.63, 3.8) is 0 Å². The van der Waals surface area contributed by atoms with Gasteiger partial charge in [-0.05, 0) is 72.1 Å². The molecular formula is C33H41NO10. The number of hydrogen-bond acceptors (Lipinski definition) is 11. The molecule has 11 nitrogen and oxygen atoms in total. The lowest BCUT2D eigenvalue weighted by molar-refractivity contribution is -0.148. The first-order valence-electron chi connectivity index (χ1n) is 14.8. The molecule has 0 amide bonds. The molecule has 1 atom stereocenters. The topological polar surface area (TPSA) is 147 Å². The first-order valence-corrected chi connectivity index (χ1v) is 14.8. The third-order valence-corrected chi connectivity index (χ3v) is 6.66. The number of hydrogen-bond donors (Lipinski definition) is 1. The molecule has 1 unspecified atom stereocenters. The maximum atomic E-state index is 14.6. The van der Waals surface area contributed by atoms with Crippen LogP contribution in [0.25, 0.3) is 22.2 Å². The van der Waals surface area contributed by atoms with Gasteiger partial charge < -0.3 is 28.7 Å². The van der Waals surface area contributed by atoms with Crippen LogP contribution in [0, 0.1) is 5.92 Å². The smallest absolute Gasteiger partial charge is 0.342 e. The van der Waals surface area contributed by atoms with E-state index in [4.69, 9.17) is 23.4 Å². The minimum atomic E-state index is -1.72. The highest BCUT2D eigenvalue weighted by Crippen LogP contribution is 2.33. The van der Waals surface area contributed by atoms with Crippen LogP contribution in [0.4, 0.5) is 0 Å². The number of esters is 4. The van der Waals surface area contributed by atoms with Gasteiger partial charge in [-0.1, -0.05) is 19.9 Å². The van der Waals surface area contributed by atoms with Crippen LogP contribution in [-0.2, 0) is 38.1 Å². The summed E-state index contributed by atoms with van der Waals surface area (Å²) in [5, 5.41) is 3.14. The molecular weight excluding hydrogens is 570 g/mol. The number of carbonyl (C=O) groups is 4. The summed E-state index contributed by atoms with van der Waals surface area (Å²) < 4.78 is 27.7. The van der Waals surface area contributed by atoms with E-state index in [-0.39, 0.29) is 59.6 Å². The first-order chi connectivity index (χ1) is 20.7. The average Bonchev–Trinajstić information content (AvgIpc) is 3.05. The van der Waals surface area contributed by atoms with Crippen molar-refractivity contribution < 1.29 is 42.5 Å². The molecule has 1 aromatic carbocycles. The van der Waals surface area contributed by atoms with Crippen molar-refractivity contribution >= 4 is 46.1 Å². The van der Waals surface area contributed by atoms with E-state index >= 15 is 0 Å². The molecule has 2 aromatic rings. The highest BCUT2D eigenvalue weighted by Gasteiger charge is 2.45. The average molecular weight is 612 g/mol. The molecule has 0 saturated carbocycles. The van der Waals surface area contributed by atoms with Gasteiger partial charge in [-0.25, -0.2) is 14.4 Å². The molecule has 3 rings (SSSR count). The number of carbonyl (C=O) groups excluding carboxylic acids is 4. The molecule has 1 aliphatic carbocycles. The van der Waals surface area contributed by atoms with Gasteiger partial charge in [-0.3, -0.25) is 9.59 Å². The fourth-order valence-electron chi connectivity index (χ4n) is 4.92. The van der Waals surface area contributed by atoms with Gasteiger partial charge in [0.2, 0.25) is 5.43 Å². The minimum Gasteiger partial charge on any atom is -0.465 e. The van der Waals surface area contributed by atoms with E-state index in [0.717, 1.165) is 5.56 Å². The van der Waals surface area contributed by atoms with Crippen LogP contribution in [-0.4, -0.2) is 55.8 Å². The molecule has 44 heavy (non-hydrogen) atoms. The number of benzene rings is 1. The summed E-state index contributed by atoms with van der Waals surface area (Å²) in [6.45, 7) is 15.0. The second-order valence-corrected chi connectivity index (χ2v) is 11.3. The van der Waals surface area contributed by atoms with Gasteiger partial charge in [0.05, 0.1) is 48.2 Å². The van der Waals surface area contributed by atoms with Gasteiger partial charge in [0.15, 0.2) is 5.42 Å². The van der Waals surface area contributed by atoms with Gasteiger partial charge in [0.25, 0.3) is 0 Å². The Morgan fingerprint density at radius 1 is 0.841 bits per heavy atom. The predicted molar refractivity (Wildman–Crippen MR) is 163 cm³/mol. The Labute approximate surface area is 255 Å². The Morgan fingerprint density at radius 3 is 1.91 bits per heavy atom. The number of rotatable bonds is 10. The zero-order valence-corrected chi connectivity index (χ0v) is 26.8. The van der Waals surface area contributed by atoms with Crippen LogP contribution >= 0.6 is 0 Å². The zero-order chi connectivity index (χ0) is 32.9. The highest BCUT2D eigenvalue weighted by molar-refractivity contribution is 6.28. The van der Waals surface area contributed by atoms with Crippen molar-refractivity contribution in [2.45, 2.75) is 73.8 Å².